The van der Waals surface area contributed by atoms with Gasteiger partial charge in [0, 0.05) is 13.1 Å². The average Bonchev–Trinajstić information content (AvgIpc) is 2.17. The van der Waals surface area contributed by atoms with Crippen LogP contribution in [-0.4, -0.2) is 28.7 Å². The van der Waals surface area contributed by atoms with Gasteiger partial charge in [0.1, 0.15) is 0 Å². The Morgan fingerprint density at radius 3 is 1.93 bits per heavy atom. The number of carbonyl (C=O) groups is 1. The molecule has 4 nitrogen and oxygen atoms in total. The molecule has 0 atom stereocenters. The third kappa shape index (κ3) is 4.91. The van der Waals surface area contributed by atoms with Crippen molar-refractivity contribution in [1.82, 2.24) is 4.90 Å². The maximum atomic E-state index is 11.3. The molecular formula is C8H9Cl2N3O. The minimum Gasteiger partial charge on any atom is -0.338 e. The number of hydrogen-bond acceptors (Lipinski definition) is 3. The summed E-state index contributed by atoms with van der Waals surface area (Å²) in [7, 11) is 0. The van der Waals surface area contributed by atoms with E-state index in [0.29, 0.717) is 0 Å². The Morgan fingerprint density at radius 1 is 1.21 bits per heavy atom. The summed E-state index contributed by atoms with van der Waals surface area (Å²) in [5.74, 6) is -0.459. The molecule has 0 aliphatic heterocycles. The van der Waals surface area contributed by atoms with Crippen molar-refractivity contribution in [2.24, 2.45) is 0 Å². The Labute approximate surface area is 92.6 Å². The maximum absolute atomic E-state index is 11.3. The van der Waals surface area contributed by atoms with E-state index in [9.17, 15) is 4.79 Å². The van der Waals surface area contributed by atoms with Gasteiger partial charge in [0.15, 0.2) is 4.84 Å². The van der Waals surface area contributed by atoms with E-state index >= 15 is 0 Å². The van der Waals surface area contributed by atoms with E-state index in [2.05, 4.69) is 0 Å². The minimum atomic E-state index is -1.13. The van der Waals surface area contributed by atoms with E-state index in [1.54, 1.807) is 0 Å². The molecule has 1 amide bonds. The average molecular weight is 234 g/mol. The van der Waals surface area contributed by atoms with Gasteiger partial charge < -0.3 is 4.90 Å². The molecule has 0 heterocycles. The molecule has 0 aliphatic carbocycles. The molecule has 76 valence electrons. The summed E-state index contributed by atoms with van der Waals surface area (Å²) in [6, 6.07) is 3.81. The lowest BCUT2D eigenvalue weighted by Crippen LogP contribution is -2.36. The number of amides is 1. The van der Waals surface area contributed by atoms with Gasteiger partial charge in [-0.25, -0.2) is 0 Å². The number of alkyl halides is 2. The van der Waals surface area contributed by atoms with Crippen LogP contribution in [0.1, 0.15) is 12.8 Å². The molecule has 0 saturated heterocycles. The van der Waals surface area contributed by atoms with E-state index in [1.807, 2.05) is 12.1 Å². The monoisotopic (exact) mass is 233 g/mol. The van der Waals surface area contributed by atoms with Crippen molar-refractivity contribution in [3.63, 3.8) is 0 Å². The number of rotatable bonds is 5. The van der Waals surface area contributed by atoms with Crippen LogP contribution in [0.15, 0.2) is 0 Å². The fourth-order valence-corrected chi connectivity index (χ4v) is 1.12. The van der Waals surface area contributed by atoms with Crippen molar-refractivity contribution in [2.45, 2.75) is 17.7 Å². The fraction of sp³-hybridized carbons (Fsp3) is 0.625. The molecule has 0 spiro atoms. The number of hydrogen-bond donors (Lipinski definition) is 0. The first-order valence-electron chi connectivity index (χ1n) is 3.94. The molecule has 0 N–H and O–H groups in total. The molecule has 14 heavy (non-hydrogen) atoms. The van der Waals surface area contributed by atoms with Crippen LogP contribution < -0.4 is 0 Å². The quantitative estimate of drug-likeness (QED) is 0.676. The molecule has 0 radical (unpaired) electrons. The van der Waals surface area contributed by atoms with Crippen molar-refractivity contribution in [3.05, 3.63) is 0 Å². The highest BCUT2D eigenvalue weighted by atomic mass is 35.5. The number of halogens is 2. The normalized spacial score (nSPS) is 9.21. The summed E-state index contributed by atoms with van der Waals surface area (Å²) >= 11 is 10.8. The molecule has 0 aromatic heterocycles. The van der Waals surface area contributed by atoms with E-state index in [1.165, 1.54) is 4.90 Å². The second-order valence-electron chi connectivity index (χ2n) is 2.44. The van der Waals surface area contributed by atoms with Crippen molar-refractivity contribution < 1.29 is 4.79 Å². The first kappa shape index (κ1) is 13.0. The lowest BCUT2D eigenvalue weighted by atomic mass is 10.3. The molecule has 0 saturated carbocycles. The Kier molecular flexibility index (Phi) is 6.92. The van der Waals surface area contributed by atoms with Crippen molar-refractivity contribution in [1.29, 1.82) is 10.5 Å². The van der Waals surface area contributed by atoms with E-state index in [0.717, 1.165) is 0 Å². The van der Waals surface area contributed by atoms with Crippen molar-refractivity contribution in [3.8, 4) is 12.1 Å². The molecule has 0 aliphatic rings. The summed E-state index contributed by atoms with van der Waals surface area (Å²) in [6.45, 7) is 0.514. The van der Waals surface area contributed by atoms with Crippen molar-refractivity contribution >= 4 is 29.1 Å². The van der Waals surface area contributed by atoms with Crippen LogP contribution in [-0.2, 0) is 4.79 Å². The molecule has 0 fully saturated rings. The second-order valence-corrected chi connectivity index (χ2v) is 3.54. The van der Waals surface area contributed by atoms with Gasteiger partial charge in [0.05, 0.1) is 25.0 Å². The van der Waals surface area contributed by atoms with Gasteiger partial charge in [0.25, 0.3) is 5.91 Å². The van der Waals surface area contributed by atoms with Gasteiger partial charge in [-0.15, -0.1) is 0 Å². The summed E-state index contributed by atoms with van der Waals surface area (Å²) in [6.07, 6.45) is 0.412. The zero-order valence-corrected chi connectivity index (χ0v) is 8.92. The van der Waals surface area contributed by atoms with Crippen LogP contribution in [0.25, 0.3) is 0 Å². The zero-order chi connectivity index (χ0) is 11.0. The predicted molar refractivity (Wildman–Crippen MR) is 52.5 cm³/mol. The topological polar surface area (TPSA) is 67.9 Å². The molecule has 0 aromatic carbocycles. The van der Waals surface area contributed by atoms with Gasteiger partial charge in [-0.1, -0.05) is 23.2 Å². The zero-order valence-electron chi connectivity index (χ0n) is 7.41. The molecule has 6 heteroatoms. The van der Waals surface area contributed by atoms with Crippen LogP contribution in [0, 0.1) is 22.7 Å². The standard InChI is InChI=1S/C8H9Cl2N3O/c9-7(10)8(14)13(5-1-3-11)6-2-4-12/h7H,1-2,5-6H2. The number of carbonyl (C=O) groups excluding carboxylic acids is 1. The van der Waals surface area contributed by atoms with Gasteiger partial charge in [-0.3, -0.25) is 4.79 Å². The van der Waals surface area contributed by atoms with E-state index in [4.69, 9.17) is 33.7 Å². The van der Waals surface area contributed by atoms with E-state index < -0.39 is 10.7 Å². The van der Waals surface area contributed by atoms with Crippen molar-refractivity contribution in [2.75, 3.05) is 13.1 Å². The van der Waals surface area contributed by atoms with Gasteiger partial charge in [-0.2, -0.15) is 10.5 Å². The Morgan fingerprint density at radius 2 is 1.64 bits per heavy atom. The lowest BCUT2D eigenvalue weighted by Gasteiger charge is -2.20. The van der Waals surface area contributed by atoms with Gasteiger partial charge >= 0.3 is 0 Å². The Hall–Kier alpha value is -0.970. The first-order chi connectivity index (χ1) is 6.63. The summed E-state index contributed by atoms with van der Waals surface area (Å²) in [5, 5.41) is 16.7. The lowest BCUT2D eigenvalue weighted by molar-refractivity contribution is -0.129. The maximum Gasteiger partial charge on any atom is 0.255 e. The second kappa shape index (κ2) is 7.44. The Bertz CT molecular complexity index is 249. The third-order valence-electron chi connectivity index (χ3n) is 1.49. The first-order valence-corrected chi connectivity index (χ1v) is 4.81. The number of nitrogens with zero attached hydrogens (tertiary/aromatic N) is 3. The fourth-order valence-electron chi connectivity index (χ4n) is 0.840. The number of nitriles is 2. The molecule has 0 aromatic rings. The van der Waals surface area contributed by atoms with Gasteiger partial charge in [0.2, 0.25) is 0 Å². The minimum absolute atomic E-state index is 0.206. The van der Waals surface area contributed by atoms with Crippen LogP contribution in [0.2, 0.25) is 0 Å². The molecular weight excluding hydrogens is 225 g/mol. The molecule has 0 unspecified atom stereocenters. The predicted octanol–water partition coefficient (Wildman–Crippen LogP) is 1.45. The summed E-state index contributed by atoms with van der Waals surface area (Å²) in [4.78, 5) is 11.5. The third-order valence-corrected chi connectivity index (χ3v) is 1.86. The highest BCUT2D eigenvalue weighted by Crippen LogP contribution is 2.08. The SMILES string of the molecule is N#CCCN(CCC#N)C(=O)C(Cl)Cl. The molecule has 0 bridgehead atoms. The summed E-state index contributed by atoms with van der Waals surface area (Å²) in [5.41, 5.74) is 0. The van der Waals surface area contributed by atoms with E-state index in [-0.39, 0.29) is 25.9 Å². The molecule has 0 rings (SSSR count). The van der Waals surface area contributed by atoms with Crippen LogP contribution in [0.4, 0.5) is 0 Å². The highest BCUT2D eigenvalue weighted by molar-refractivity contribution is 6.53. The van der Waals surface area contributed by atoms with Crippen LogP contribution >= 0.6 is 23.2 Å². The summed E-state index contributed by atoms with van der Waals surface area (Å²) < 4.78 is 0. The smallest absolute Gasteiger partial charge is 0.255 e. The largest absolute Gasteiger partial charge is 0.338 e. The van der Waals surface area contributed by atoms with Gasteiger partial charge in [-0.05, 0) is 0 Å². The van der Waals surface area contributed by atoms with Crippen LogP contribution in [0.3, 0.4) is 0 Å². The van der Waals surface area contributed by atoms with Crippen LogP contribution in [0.5, 0.6) is 0 Å². The highest BCUT2D eigenvalue weighted by Gasteiger charge is 2.19. The Balaban J connectivity index is 4.18.